The topological polar surface area (TPSA) is 108 Å². The second-order valence-electron chi connectivity index (χ2n) is 7.56. The Bertz CT molecular complexity index is 806. The van der Waals surface area contributed by atoms with Crippen LogP contribution in [0.25, 0.3) is 11.3 Å². The van der Waals surface area contributed by atoms with Crippen LogP contribution in [0.2, 0.25) is 0 Å². The van der Waals surface area contributed by atoms with Crippen molar-refractivity contribution in [2.45, 2.75) is 45.3 Å². The van der Waals surface area contributed by atoms with Crippen LogP contribution in [0.1, 0.15) is 39.7 Å². The van der Waals surface area contributed by atoms with Gasteiger partial charge in [0, 0.05) is 24.8 Å². The van der Waals surface area contributed by atoms with Crippen LogP contribution in [0.15, 0.2) is 18.6 Å². The van der Waals surface area contributed by atoms with Gasteiger partial charge in [-0.1, -0.05) is 0 Å². The van der Waals surface area contributed by atoms with Crippen molar-refractivity contribution in [1.82, 2.24) is 24.6 Å². The zero-order valence-corrected chi connectivity index (χ0v) is 16.2. The molecule has 0 atom stereocenters. The van der Waals surface area contributed by atoms with E-state index in [1.165, 1.54) is 7.11 Å². The second kappa shape index (κ2) is 7.42. The molecule has 1 aliphatic heterocycles. The van der Waals surface area contributed by atoms with Crippen molar-refractivity contribution in [3.8, 4) is 17.1 Å². The van der Waals surface area contributed by atoms with Crippen molar-refractivity contribution in [2.24, 2.45) is 0 Å². The van der Waals surface area contributed by atoms with Crippen molar-refractivity contribution >= 4 is 11.9 Å². The Kier molecular flexibility index (Phi) is 5.20. The number of hydrogen-bond acceptors (Lipinski definition) is 7. The van der Waals surface area contributed by atoms with E-state index in [4.69, 9.17) is 15.2 Å². The maximum absolute atomic E-state index is 12.2. The van der Waals surface area contributed by atoms with Gasteiger partial charge in [0.1, 0.15) is 5.60 Å². The third kappa shape index (κ3) is 4.47. The first kappa shape index (κ1) is 18.9. The summed E-state index contributed by atoms with van der Waals surface area (Å²) in [5.74, 6) is 0.550. The van der Waals surface area contributed by atoms with E-state index in [0.29, 0.717) is 24.7 Å². The van der Waals surface area contributed by atoms with Gasteiger partial charge in [-0.3, -0.25) is 4.68 Å². The molecule has 1 aliphatic rings. The summed E-state index contributed by atoms with van der Waals surface area (Å²) in [6.07, 6.45) is 6.66. The van der Waals surface area contributed by atoms with Gasteiger partial charge in [-0.25, -0.2) is 14.8 Å². The molecule has 2 aromatic heterocycles. The van der Waals surface area contributed by atoms with E-state index in [1.807, 2.05) is 31.6 Å². The number of nitrogen functional groups attached to an aromatic ring is 1. The molecule has 1 saturated heterocycles. The zero-order chi connectivity index (χ0) is 19.6. The summed E-state index contributed by atoms with van der Waals surface area (Å²) in [6.45, 7) is 6.91. The molecule has 0 unspecified atom stereocenters. The minimum absolute atomic E-state index is 0.223. The largest absolute Gasteiger partial charge is 0.478 e. The molecule has 2 aromatic rings. The van der Waals surface area contributed by atoms with E-state index < -0.39 is 5.60 Å². The van der Waals surface area contributed by atoms with Crippen molar-refractivity contribution in [2.75, 3.05) is 25.9 Å². The quantitative estimate of drug-likeness (QED) is 0.879. The van der Waals surface area contributed by atoms with Crippen molar-refractivity contribution < 1.29 is 14.3 Å². The molecule has 0 bridgehead atoms. The smallest absolute Gasteiger partial charge is 0.410 e. The molecule has 0 spiro atoms. The van der Waals surface area contributed by atoms with Crippen LogP contribution in [-0.4, -0.2) is 56.5 Å². The summed E-state index contributed by atoms with van der Waals surface area (Å²) in [4.78, 5) is 22.4. The van der Waals surface area contributed by atoms with Crippen molar-refractivity contribution in [3.05, 3.63) is 18.6 Å². The van der Waals surface area contributed by atoms with Gasteiger partial charge in [0.15, 0.2) is 5.82 Å². The molecule has 1 fully saturated rings. The first-order valence-electron chi connectivity index (χ1n) is 8.96. The molecule has 3 rings (SSSR count). The molecular formula is C18H26N6O3. The zero-order valence-electron chi connectivity index (χ0n) is 16.2. The van der Waals surface area contributed by atoms with Gasteiger partial charge in [-0.05, 0) is 33.6 Å². The highest BCUT2D eigenvalue weighted by molar-refractivity contribution is 5.68. The Balaban J connectivity index is 1.64. The van der Waals surface area contributed by atoms with Crippen LogP contribution in [0.4, 0.5) is 10.6 Å². The van der Waals surface area contributed by atoms with E-state index in [2.05, 4.69) is 15.1 Å². The summed E-state index contributed by atoms with van der Waals surface area (Å²) in [5.41, 5.74) is 6.73. The fraction of sp³-hybridized carbons (Fsp3) is 0.556. The highest BCUT2D eigenvalue weighted by Gasteiger charge is 2.28. The maximum Gasteiger partial charge on any atom is 0.410 e. The Morgan fingerprint density at radius 1 is 1.26 bits per heavy atom. The number of rotatable bonds is 3. The second-order valence-corrected chi connectivity index (χ2v) is 7.56. The third-order valence-electron chi connectivity index (χ3n) is 4.35. The van der Waals surface area contributed by atoms with Gasteiger partial charge in [-0.15, -0.1) is 0 Å². The van der Waals surface area contributed by atoms with Gasteiger partial charge in [-0.2, -0.15) is 5.10 Å². The number of piperidine rings is 1. The van der Waals surface area contributed by atoms with E-state index in [0.717, 1.165) is 18.4 Å². The van der Waals surface area contributed by atoms with E-state index >= 15 is 0 Å². The van der Waals surface area contributed by atoms with Gasteiger partial charge in [0.25, 0.3) is 5.88 Å². The maximum atomic E-state index is 12.2. The normalized spacial score (nSPS) is 15.6. The average molecular weight is 374 g/mol. The molecule has 9 nitrogen and oxygen atoms in total. The Hall–Kier alpha value is -2.84. The number of anilines is 1. The molecule has 1 amide bonds. The van der Waals surface area contributed by atoms with E-state index in [1.54, 1.807) is 17.3 Å². The molecule has 0 aromatic carbocycles. The fourth-order valence-electron chi connectivity index (χ4n) is 2.98. The van der Waals surface area contributed by atoms with Crippen molar-refractivity contribution in [1.29, 1.82) is 0 Å². The van der Waals surface area contributed by atoms with Crippen LogP contribution < -0.4 is 10.5 Å². The Morgan fingerprint density at radius 2 is 1.96 bits per heavy atom. The lowest BCUT2D eigenvalue weighted by atomic mass is 10.1. The molecule has 27 heavy (non-hydrogen) atoms. The van der Waals surface area contributed by atoms with Crippen LogP contribution in [0, 0.1) is 0 Å². The van der Waals surface area contributed by atoms with Crippen LogP contribution in [0.3, 0.4) is 0 Å². The van der Waals surface area contributed by atoms with Gasteiger partial charge in [0.2, 0.25) is 0 Å². The minimum atomic E-state index is -0.480. The first-order chi connectivity index (χ1) is 12.8. The molecule has 0 radical (unpaired) electrons. The highest BCUT2D eigenvalue weighted by Crippen LogP contribution is 2.27. The Labute approximate surface area is 158 Å². The molecule has 0 aliphatic carbocycles. The van der Waals surface area contributed by atoms with Gasteiger partial charge < -0.3 is 20.1 Å². The number of nitrogens with zero attached hydrogens (tertiary/aromatic N) is 5. The van der Waals surface area contributed by atoms with Gasteiger partial charge >= 0.3 is 6.09 Å². The number of amides is 1. The number of carbonyl (C=O) groups excluding carboxylic acids is 1. The monoisotopic (exact) mass is 374 g/mol. The number of aromatic nitrogens is 4. The van der Waals surface area contributed by atoms with Crippen molar-refractivity contribution in [3.63, 3.8) is 0 Å². The molecule has 2 N–H and O–H groups in total. The summed E-state index contributed by atoms with van der Waals surface area (Å²) < 4.78 is 12.5. The van der Waals surface area contributed by atoms with Crippen LogP contribution in [-0.2, 0) is 4.74 Å². The lowest BCUT2D eigenvalue weighted by Gasteiger charge is -2.33. The summed E-state index contributed by atoms with van der Waals surface area (Å²) in [6, 6.07) is 0.223. The number of carbonyl (C=O) groups is 1. The summed E-state index contributed by atoms with van der Waals surface area (Å²) in [7, 11) is 1.51. The number of nitrogens with two attached hydrogens (primary N) is 1. The third-order valence-corrected chi connectivity index (χ3v) is 4.35. The Morgan fingerprint density at radius 3 is 2.59 bits per heavy atom. The standard InChI is InChI=1S/C18H26N6O3/c1-18(2,3)27-17(25)23-7-5-13(6-8-23)24-11-12(9-21-24)14-10-20-15(19)16(22-14)26-4/h9-11,13H,5-8H2,1-4H3,(H2,19,20). The number of ether oxygens (including phenoxy) is 2. The predicted octanol–water partition coefficient (Wildman–Crippen LogP) is 2.50. The SMILES string of the molecule is COc1nc(-c2cnn(C3CCN(C(=O)OC(C)(C)C)CC3)c2)cnc1N. The average Bonchev–Trinajstić information content (AvgIpc) is 3.11. The van der Waals surface area contributed by atoms with Crippen LogP contribution >= 0.6 is 0 Å². The van der Waals surface area contributed by atoms with Crippen LogP contribution in [0.5, 0.6) is 5.88 Å². The summed E-state index contributed by atoms with van der Waals surface area (Å²) in [5, 5.41) is 4.47. The first-order valence-corrected chi connectivity index (χ1v) is 8.96. The number of hydrogen-bond donors (Lipinski definition) is 1. The van der Waals surface area contributed by atoms with E-state index in [9.17, 15) is 4.79 Å². The predicted molar refractivity (Wildman–Crippen MR) is 100 cm³/mol. The molecule has 146 valence electrons. The lowest BCUT2D eigenvalue weighted by molar-refractivity contribution is 0.0185. The molecule has 3 heterocycles. The number of methoxy groups -OCH3 is 1. The molecule has 0 saturated carbocycles. The fourth-order valence-corrected chi connectivity index (χ4v) is 2.98. The molecule has 9 heteroatoms. The van der Waals surface area contributed by atoms with E-state index in [-0.39, 0.29) is 18.0 Å². The number of likely N-dealkylation sites (tertiary alicyclic amines) is 1. The highest BCUT2D eigenvalue weighted by atomic mass is 16.6. The molecular weight excluding hydrogens is 348 g/mol. The lowest BCUT2D eigenvalue weighted by Crippen LogP contribution is -2.42. The van der Waals surface area contributed by atoms with Gasteiger partial charge in [0.05, 0.1) is 31.2 Å². The summed E-state index contributed by atoms with van der Waals surface area (Å²) >= 11 is 0. The minimum Gasteiger partial charge on any atom is -0.478 e.